The van der Waals surface area contributed by atoms with Gasteiger partial charge in [0.2, 0.25) is 0 Å². The molecule has 1 rings (SSSR count). The van der Waals surface area contributed by atoms with Gasteiger partial charge < -0.3 is 5.11 Å². The maximum atomic E-state index is 12.0. The molecular formula is C14H20N2O2. The highest BCUT2D eigenvalue weighted by Crippen LogP contribution is 2.23. The number of nitriles is 1. The monoisotopic (exact) mass is 248 g/mol. The molecule has 18 heavy (non-hydrogen) atoms. The van der Waals surface area contributed by atoms with E-state index in [2.05, 4.69) is 6.92 Å². The third-order valence-electron chi connectivity index (χ3n) is 3.15. The number of unbranched alkanes of at least 4 members (excludes halogenated alkanes) is 1. The van der Waals surface area contributed by atoms with E-state index in [1.807, 2.05) is 13.0 Å². The lowest BCUT2D eigenvalue weighted by Crippen LogP contribution is -2.25. The summed E-state index contributed by atoms with van der Waals surface area (Å²) in [6.07, 6.45) is 3.39. The van der Waals surface area contributed by atoms with E-state index in [-0.39, 0.29) is 17.0 Å². The molecule has 0 unspecified atom stereocenters. The van der Waals surface area contributed by atoms with Crippen molar-refractivity contribution in [2.24, 2.45) is 0 Å². The standard InChI is InChI=1S/C14H20N2O2/c1-4-6-7-11-10(3)12(9-15)14(18)16(8-5-2)13(11)17/h17H,4-8H2,1-3H3. The van der Waals surface area contributed by atoms with Gasteiger partial charge in [-0.25, -0.2) is 0 Å². The van der Waals surface area contributed by atoms with Crippen molar-refractivity contribution in [3.8, 4) is 11.9 Å². The Labute approximate surface area is 107 Å². The number of hydrogen-bond donors (Lipinski definition) is 1. The number of nitrogens with zero attached hydrogens (tertiary/aromatic N) is 2. The molecule has 0 atom stereocenters. The molecule has 4 heteroatoms. The second kappa shape index (κ2) is 6.25. The van der Waals surface area contributed by atoms with Crippen LogP contribution in [-0.4, -0.2) is 9.67 Å². The molecule has 1 heterocycles. The molecule has 1 aromatic heterocycles. The number of pyridine rings is 1. The lowest BCUT2D eigenvalue weighted by atomic mass is 10.0. The predicted octanol–water partition coefficient (Wildman–Crippen LogP) is 2.49. The van der Waals surface area contributed by atoms with Crippen molar-refractivity contribution in [2.45, 2.75) is 53.0 Å². The van der Waals surface area contributed by atoms with Crippen LogP contribution in [0.3, 0.4) is 0 Å². The fourth-order valence-electron chi connectivity index (χ4n) is 2.09. The van der Waals surface area contributed by atoms with E-state index >= 15 is 0 Å². The van der Waals surface area contributed by atoms with Gasteiger partial charge in [0.05, 0.1) is 0 Å². The minimum absolute atomic E-state index is 0.0341. The zero-order valence-electron chi connectivity index (χ0n) is 11.3. The normalized spacial score (nSPS) is 10.3. The van der Waals surface area contributed by atoms with E-state index in [4.69, 9.17) is 5.26 Å². The highest BCUT2D eigenvalue weighted by atomic mass is 16.3. The number of rotatable bonds is 5. The molecule has 1 aromatic rings. The molecule has 0 aromatic carbocycles. The molecule has 0 bridgehead atoms. The van der Waals surface area contributed by atoms with E-state index in [0.29, 0.717) is 18.5 Å². The highest BCUT2D eigenvalue weighted by Gasteiger charge is 2.17. The molecule has 0 spiro atoms. The minimum atomic E-state index is -0.380. The van der Waals surface area contributed by atoms with Gasteiger partial charge in [0, 0.05) is 12.1 Å². The molecule has 0 radical (unpaired) electrons. The fourth-order valence-corrected chi connectivity index (χ4v) is 2.09. The Kier molecular flexibility index (Phi) is 4.96. The van der Waals surface area contributed by atoms with Crippen LogP contribution >= 0.6 is 0 Å². The van der Waals surface area contributed by atoms with Gasteiger partial charge in [-0.3, -0.25) is 9.36 Å². The molecule has 1 N–H and O–H groups in total. The van der Waals surface area contributed by atoms with Crippen molar-refractivity contribution in [1.82, 2.24) is 4.57 Å². The second-order valence-corrected chi connectivity index (χ2v) is 4.47. The van der Waals surface area contributed by atoms with Crippen LogP contribution in [0.4, 0.5) is 0 Å². The molecule has 4 nitrogen and oxygen atoms in total. The van der Waals surface area contributed by atoms with Crippen molar-refractivity contribution in [3.05, 3.63) is 27.0 Å². The van der Waals surface area contributed by atoms with E-state index in [1.165, 1.54) is 4.57 Å². The summed E-state index contributed by atoms with van der Waals surface area (Å²) in [5, 5.41) is 19.3. The summed E-state index contributed by atoms with van der Waals surface area (Å²) < 4.78 is 1.32. The largest absolute Gasteiger partial charge is 0.494 e. The smallest absolute Gasteiger partial charge is 0.271 e. The Balaban J connectivity index is 3.47. The van der Waals surface area contributed by atoms with Gasteiger partial charge in [0.1, 0.15) is 11.6 Å². The lowest BCUT2D eigenvalue weighted by Gasteiger charge is -2.15. The zero-order chi connectivity index (χ0) is 13.7. The summed E-state index contributed by atoms with van der Waals surface area (Å²) >= 11 is 0. The first-order valence-corrected chi connectivity index (χ1v) is 6.43. The maximum Gasteiger partial charge on any atom is 0.271 e. The van der Waals surface area contributed by atoms with Crippen LogP contribution in [0, 0.1) is 18.3 Å². The SMILES string of the molecule is CCCCc1c(C)c(C#N)c(=O)n(CCC)c1O. The van der Waals surface area contributed by atoms with Gasteiger partial charge in [0.15, 0.2) is 5.88 Å². The minimum Gasteiger partial charge on any atom is -0.494 e. The summed E-state index contributed by atoms with van der Waals surface area (Å²) in [6.45, 7) is 6.18. The van der Waals surface area contributed by atoms with Crippen molar-refractivity contribution in [1.29, 1.82) is 5.26 Å². The third kappa shape index (κ3) is 2.56. The average Bonchev–Trinajstić information content (AvgIpc) is 2.35. The molecular weight excluding hydrogens is 228 g/mol. The molecule has 0 saturated carbocycles. The topological polar surface area (TPSA) is 66.0 Å². The van der Waals surface area contributed by atoms with Crippen LogP contribution < -0.4 is 5.56 Å². The van der Waals surface area contributed by atoms with Gasteiger partial charge in [-0.15, -0.1) is 0 Å². The molecule has 0 aliphatic carbocycles. The molecule has 0 amide bonds. The Hall–Kier alpha value is -1.76. The van der Waals surface area contributed by atoms with Gasteiger partial charge in [-0.05, 0) is 31.7 Å². The summed E-state index contributed by atoms with van der Waals surface area (Å²) in [7, 11) is 0. The number of aromatic hydroxyl groups is 1. The Morgan fingerprint density at radius 3 is 2.50 bits per heavy atom. The Morgan fingerprint density at radius 2 is 2.00 bits per heavy atom. The van der Waals surface area contributed by atoms with E-state index in [1.54, 1.807) is 6.92 Å². The van der Waals surface area contributed by atoms with E-state index < -0.39 is 0 Å². The van der Waals surface area contributed by atoms with Gasteiger partial charge in [-0.2, -0.15) is 5.26 Å². The number of aromatic nitrogens is 1. The van der Waals surface area contributed by atoms with Crippen molar-refractivity contribution >= 4 is 0 Å². The van der Waals surface area contributed by atoms with Crippen molar-refractivity contribution in [3.63, 3.8) is 0 Å². The highest BCUT2D eigenvalue weighted by molar-refractivity contribution is 5.45. The van der Waals surface area contributed by atoms with Crippen LogP contribution in [0.2, 0.25) is 0 Å². The van der Waals surface area contributed by atoms with E-state index in [9.17, 15) is 9.90 Å². The molecule has 98 valence electrons. The fraction of sp³-hybridized carbons (Fsp3) is 0.571. The zero-order valence-corrected chi connectivity index (χ0v) is 11.3. The first kappa shape index (κ1) is 14.3. The quantitative estimate of drug-likeness (QED) is 0.870. The molecule has 0 aliphatic heterocycles. The Morgan fingerprint density at radius 1 is 1.33 bits per heavy atom. The lowest BCUT2D eigenvalue weighted by molar-refractivity contribution is 0.396. The average molecular weight is 248 g/mol. The summed E-state index contributed by atoms with van der Waals surface area (Å²) in [4.78, 5) is 12.0. The van der Waals surface area contributed by atoms with Crippen LogP contribution in [0.15, 0.2) is 4.79 Å². The maximum absolute atomic E-state index is 12.0. The first-order chi connectivity index (χ1) is 8.58. The summed E-state index contributed by atoms with van der Waals surface area (Å²) in [5.41, 5.74) is 1.14. The third-order valence-corrected chi connectivity index (χ3v) is 3.15. The second-order valence-electron chi connectivity index (χ2n) is 4.47. The van der Waals surface area contributed by atoms with Crippen molar-refractivity contribution < 1.29 is 5.11 Å². The summed E-state index contributed by atoms with van der Waals surface area (Å²) in [5.74, 6) is 0.0341. The van der Waals surface area contributed by atoms with Crippen molar-refractivity contribution in [2.75, 3.05) is 0 Å². The number of hydrogen-bond acceptors (Lipinski definition) is 3. The van der Waals surface area contributed by atoms with Gasteiger partial charge in [0.25, 0.3) is 5.56 Å². The molecule has 0 saturated heterocycles. The van der Waals surface area contributed by atoms with Gasteiger partial charge >= 0.3 is 0 Å². The van der Waals surface area contributed by atoms with E-state index in [0.717, 1.165) is 24.8 Å². The predicted molar refractivity (Wildman–Crippen MR) is 70.7 cm³/mol. The van der Waals surface area contributed by atoms with Crippen LogP contribution in [-0.2, 0) is 13.0 Å². The Bertz CT molecular complexity index is 524. The summed E-state index contributed by atoms with van der Waals surface area (Å²) in [6, 6.07) is 1.96. The molecule has 0 aliphatic rings. The van der Waals surface area contributed by atoms with Crippen LogP contribution in [0.25, 0.3) is 0 Å². The first-order valence-electron chi connectivity index (χ1n) is 6.43. The van der Waals surface area contributed by atoms with Crippen LogP contribution in [0.1, 0.15) is 49.8 Å². The van der Waals surface area contributed by atoms with Gasteiger partial charge in [-0.1, -0.05) is 20.3 Å². The molecule has 0 fully saturated rings. The van der Waals surface area contributed by atoms with Crippen LogP contribution in [0.5, 0.6) is 5.88 Å².